The Morgan fingerprint density at radius 2 is 1.61 bits per heavy atom. The number of ether oxygens (including phenoxy) is 1. The van der Waals surface area contributed by atoms with Crippen molar-refractivity contribution in [1.82, 2.24) is 20.3 Å². The maximum Gasteiger partial charge on any atom is 0.423 e. The Kier molecular flexibility index (Phi) is 17.2. The molecule has 0 aliphatic carbocycles. The lowest BCUT2D eigenvalue weighted by atomic mass is 9.97. The molecule has 2 aromatic carbocycles. The van der Waals surface area contributed by atoms with E-state index in [0.717, 1.165) is 36.7 Å². The molecule has 9 N–H and O–H groups in total. The van der Waals surface area contributed by atoms with Gasteiger partial charge in [-0.2, -0.15) is 13.2 Å². The third-order valence-corrected chi connectivity index (χ3v) is 6.53. The lowest BCUT2D eigenvalue weighted by molar-refractivity contribution is -0.188. The van der Waals surface area contributed by atoms with Crippen LogP contribution in [0.15, 0.2) is 42.5 Å². The molecule has 0 saturated heterocycles. The molecule has 0 saturated carbocycles. The van der Waals surface area contributed by atoms with Crippen LogP contribution in [0.25, 0.3) is 21.9 Å². The van der Waals surface area contributed by atoms with Crippen LogP contribution in [0.3, 0.4) is 0 Å². The molecule has 2 heterocycles. The molecule has 0 amide bonds. The van der Waals surface area contributed by atoms with Crippen LogP contribution >= 0.6 is 0 Å². The van der Waals surface area contributed by atoms with Gasteiger partial charge >= 0.3 is 12.1 Å². The van der Waals surface area contributed by atoms with E-state index in [0.29, 0.717) is 47.0 Å². The third kappa shape index (κ3) is 10.4. The molecule has 256 valence electrons. The van der Waals surface area contributed by atoms with Gasteiger partial charge in [-0.25, -0.2) is 14.8 Å². The van der Waals surface area contributed by atoms with Crippen molar-refractivity contribution in [3.05, 3.63) is 65.0 Å². The van der Waals surface area contributed by atoms with E-state index >= 15 is 0 Å². The van der Waals surface area contributed by atoms with Crippen LogP contribution in [0, 0.1) is 0 Å². The highest BCUT2D eigenvalue weighted by molar-refractivity contribution is 6.12. The first-order chi connectivity index (χ1) is 22.0. The van der Waals surface area contributed by atoms with Gasteiger partial charge in [-0.1, -0.05) is 71.9 Å². The SMILES string of the molecule is CC.CC.CC.COC(=O)c1ccc2c(c1)[nH]c1nc(Cc3cccc(C(N)(N)C(F)(F)F)c3)nc(NCCCNCCCN)c12. The molecule has 0 radical (unpaired) electrons. The fourth-order valence-electron chi connectivity index (χ4n) is 4.35. The Labute approximate surface area is 270 Å². The van der Waals surface area contributed by atoms with Gasteiger partial charge in [0.1, 0.15) is 17.3 Å². The average molecular weight is 649 g/mol. The smallest absolute Gasteiger partial charge is 0.423 e. The van der Waals surface area contributed by atoms with Crippen LogP contribution in [0.2, 0.25) is 0 Å². The van der Waals surface area contributed by atoms with Crippen LogP contribution < -0.4 is 27.8 Å². The number of halogens is 3. The van der Waals surface area contributed by atoms with Crippen LogP contribution in [-0.4, -0.2) is 60.4 Å². The number of carbonyl (C=O) groups is 1. The molecule has 4 rings (SSSR count). The summed E-state index contributed by atoms with van der Waals surface area (Å²) >= 11 is 0. The average Bonchev–Trinajstić information content (AvgIpc) is 3.44. The summed E-state index contributed by atoms with van der Waals surface area (Å²) in [6.45, 7) is 14.9. The molecule has 10 nitrogen and oxygen atoms in total. The first-order valence-electron chi connectivity index (χ1n) is 15.8. The summed E-state index contributed by atoms with van der Waals surface area (Å²) in [6.07, 6.45) is -2.98. The Morgan fingerprint density at radius 3 is 2.24 bits per heavy atom. The van der Waals surface area contributed by atoms with Crippen LogP contribution in [0.5, 0.6) is 0 Å². The molecule has 46 heavy (non-hydrogen) atoms. The number of methoxy groups -OCH3 is 1. The van der Waals surface area contributed by atoms with Crippen LogP contribution in [0.1, 0.15) is 81.7 Å². The zero-order chi connectivity index (χ0) is 34.9. The third-order valence-electron chi connectivity index (χ3n) is 6.53. The Bertz CT molecular complexity index is 1490. The monoisotopic (exact) mass is 648 g/mol. The number of nitrogens with two attached hydrogens (primary N) is 3. The molecule has 0 spiro atoms. The van der Waals surface area contributed by atoms with Crippen molar-refractivity contribution in [3.8, 4) is 0 Å². The van der Waals surface area contributed by atoms with Gasteiger partial charge in [0.05, 0.1) is 18.1 Å². The van der Waals surface area contributed by atoms with Crippen LogP contribution in [-0.2, 0) is 16.8 Å². The second-order valence-electron chi connectivity index (χ2n) is 9.51. The Balaban J connectivity index is 0.00000166. The molecule has 2 aromatic heterocycles. The van der Waals surface area contributed by atoms with Crippen molar-refractivity contribution >= 4 is 33.7 Å². The van der Waals surface area contributed by atoms with Gasteiger partial charge in [0.25, 0.3) is 0 Å². The summed E-state index contributed by atoms with van der Waals surface area (Å²) in [5, 5.41) is 8.24. The summed E-state index contributed by atoms with van der Waals surface area (Å²) in [6, 6.07) is 10.8. The molecular formula is C33H51F3N8O2. The first kappa shape index (κ1) is 40.2. The number of hydrogen-bond acceptors (Lipinski definition) is 9. The number of nitrogens with zero attached hydrogens (tertiary/aromatic N) is 2. The van der Waals surface area contributed by atoms with Crippen molar-refractivity contribution in [2.75, 3.05) is 38.6 Å². The van der Waals surface area contributed by atoms with Crippen molar-refractivity contribution < 1.29 is 22.7 Å². The number of fused-ring (bicyclic) bond motifs is 3. The quantitative estimate of drug-likeness (QED) is 0.0618. The number of aromatic nitrogens is 3. The number of hydrogen-bond donors (Lipinski definition) is 6. The van der Waals surface area contributed by atoms with E-state index in [1.165, 1.54) is 25.3 Å². The van der Waals surface area contributed by atoms with Crippen molar-refractivity contribution in [3.63, 3.8) is 0 Å². The molecule has 4 aromatic rings. The maximum absolute atomic E-state index is 13.4. The van der Waals surface area contributed by atoms with Crippen LogP contribution in [0.4, 0.5) is 19.0 Å². The predicted molar refractivity (Wildman–Crippen MR) is 182 cm³/mol. The topological polar surface area (TPSA) is 170 Å². The standard InChI is InChI=1S/C27H33F3N8O2.3C2H6/c1-40-25(39)17-7-8-19-20(15-17)36-24-22(19)23(35-12-4-11-34-10-3-9-31)37-21(38-24)14-16-5-2-6-18(13-16)26(32,33)27(28,29)30;3*1-2/h2,5-8,13,15,34H,3-4,9-12,14,31-33H2,1H3,(H2,35,36,37,38);3*1-2H3. The fraction of sp³-hybridized carbons (Fsp3) is 0.485. The molecule has 0 unspecified atom stereocenters. The second-order valence-corrected chi connectivity index (χ2v) is 9.51. The minimum atomic E-state index is -4.83. The number of alkyl halides is 3. The first-order valence-corrected chi connectivity index (χ1v) is 15.8. The highest BCUT2D eigenvalue weighted by atomic mass is 19.4. The minimum absolute atomic E-state index is 0.135. The van der Waals surface area contributed by atoms with Crippen molar-refractivity contribution in [2.24, 2.45) is 17.2 Å². The number of aromatic amines is 1. The van der Waals surface area contributed by atoms with Gasteiger partial charge < -0.3 is 37.6 Å². The van der Waals surface area contributed by atoms with Gasteiger partial charge in [0.2, 0.25) is 0 Å². The zero-order valence-corrected chi connectivity index (χ0v) is 28.1. The number of nitrogens with one attached hydrogen (secondary N) is 3. The van der Waals surface area contributed by atoms with E-state index < -0.39 is 17.8 Å². The summed E-state index contributed by atoms with van der Waals surface area (Å²) in [5.74, 6) is 0.472. The molecule has 0 aliphatic heterocycles. The Morgan fingerprint density at radius 1 is 0.935 bits per heavy atom. The number of H-pyrrole nitrogens is 1. The van der Waals surface area contributed by atoms with Gasteiger partial charge in [0, 0.05) is 23.9 Å². The summed E-state index contributed by atoms with van der Waals surface area (Å²) in [4.78, 5) is 24.7. The van der Waals surface area contributed by atoms with Gasteiger partial charge in [-0.3, -0.25) is 0 Å². The van der Waals surface area contributed by atoms with E-state index in [-0.39, 0.29) is 12.0 Å². The Hall–Kier alpha value is -3.78. The number of anilines is 1. The number of benzene rings is 2. The largest absolute Gasteiger partial charge is 0.465 e. The predicted octanol–water partition coefficient (Wildman–Crippen LogP) is 5.94. The highest BCUT2D eigenvalue weighted by Gasteiger charge is 2.50. The van der Waals surface area contributed by atoms with E-state index in [1.807, 2.05) is 41.5 Å². The van der Waals surface area contributed by atoms with Gasteiger partial charge in [-0.05, 0) is 55.7 Å². The molecular weight excluding hydrogens is 597 g/mol. The lowest BCUT2D eigenvalue weighted by Crippen LogP contribution is -2.57. The molecule has 0 fully saturated rings. The number of esters is 1. The van der Waals surface area contributed by atoms with E-state index in [1.54, 1.807) is 24.3 Å². The molecule has 0 bridgehead atoms. The number of rotatable bonds is 12. The van der Waals surface area contributed by atoms with Crippen molar-refractivity contribution in [1.29, 1.82) is 0 Å². The molecule has 0 aliphatic rings. The molecule has 0 atom stereocenters. The van der Waals surface area contributed by atoms with E-state index in [4.69, 9.17) is 26.9 Å². The highest BCUT2D eigenvalue weighted by Crippen LogP contribution is 2.34. The van der Waals surface area contributed by atoms with E-state index in [9.17, 15) is 18.0 Å². The normalized spacial score (nSPS) is 11.1. The summed E-state index contributed by atoms with van der Waals surface area (Å²) in [7, 11) is 1.31. The summed E-state index contributed by atoms with van der Waals surface area (Å²) in [5.41, 5.74) is 15.2. The fourth-order valence-corrected chi connectivity index (χ4v) is 4.35. The number of carbonyl (C=O) groups excluding carboxylic acids is 1. The summed E-state index contributed by atoms with van der Waals surface area (Å²) < 4.78 is 45.1. The van der Waals surface area contributed by atoms with Crippen molar-refractivity contribution in [2.45, 2.75) is 72.6 Å². The van der Waals surface area contributed by atoms with Gasteiger partial charge in [-0.15, -0.1) is 0 Å². The second kappa shape index (κ2) is 19.7. The van der Waals surface area contributed by atoms with Gasteiger partial charge in [0.15, 0.2) is 5.66 Å². The minimum Gasteiger partial charge on any atom is -0.465 e. The van der Waals surface area contributed by atoms with E-state index in [2.05, 4.69) is 20.6 Å². The zero-order valence-electron chi connectivity index (χ0n) is 28.1. The maximum atomic E-state index is 13.4. The molecule has 13 heteroatoms. The lowest BCUT2D eigenvalue weighted by Gasteiger charge is -2.28.